The first kappa shape index (κ1) is 39.3. The first-order chi connectivity index (χ1) is 28.6. The number of H-pyrrole nitrogens is 1. The number of benzene rings is 4. The van der Waals surface area contributed by atoms with Crippen LogP contribution in [0.2, 0.25) is 0 Å². The number of hydrogen-bond acceptors (Lipinski definition) is 10. The van der Waals surface area contributed by atoms with E-state index in [0.29, 0.717) is 40.6 Å². The lowest BCUT2D eigenvalue weighted by Gasteiger charge is -2.31. The molecule has 0 spiro atoms. The smallest absolute Gasteiger partial charge is 0.255 e. The Bertz CT molecular complexity index is 2590. The molecule has 1 fully saturated rings. The summed E-state index contributed by atoms with van der Waals surface area (Å²) in [5.41, 5.74) is 12.6. The molecular formula is C46H46N10O2S. The maximum atomic E-state index is 13.9. The molecule has 4 heterocycles. The number of anilines is 4. The monoisotopic (exact) mass is 802 g/mol. The minimum atomic E-state index is -0.377. The molecule has 0 bridgehead atoms. The van der Waals surface area contributed by atoms with Crippen LogP contribution < -0.4 is 16.4 Å². The Kier molecular flexibility index (Phi) is 11.4. The Hall–Kier alpha value is -6.57. The summed E-state index contributed by atoms with van der Waals surface area (Å²) in [7, 11) is 3.88. The zero-order valence-electron chi connectivity index (χ0n) is 33.4. The SMILES string of the molecule is CC(C)c1ccc2c(Nc3cc(C(=O)Nc4ccc(-c5c[nH]c([C@@H]6CCCN6C(=O)[C@@H](c6ccccc6)N(C)C)n5)cc4)ccc3Sc3ccc(N)cc3)ncnc2n1. The average molecular weight is 803 g/mol. The highest BCUT2D eigenvalue weighted by Crippen LogP contribution is 2.38. The van der Waals surface area contributed by atoms with Crippen LogP contribution in [0.15, 0.2) is 132 Å². The van der Waals surface area contributed by atoms with E-state index in [1.54, 1.807) is 11.8 Å². The number of amides is 2. The van der Waals surface area contributed by atoms with Crippen molar-refractivity contribution in [2.45, 2.75) is 54.5 Å². The molecule has 0 radical (unpaired) electrons. The first-order valence-corrected chi connectivity index (χ1v) is 20.5. The summed E-state index contributed by atoms with van der Waals surface area (Å²) in [6.45, 7) is 4.87. The van der Waals surface area contributed by atoms with Gasteiger partial charge in [0.25, 0.3) is 5.91 Å². The van der Waals surface area contributed by atoms with Crippen LogP contribution in [0.4, 0.5) is 22.9 Å². The van der Waals surface area contributed by atoms with E-state index in [0.717, 1.165) is 56.4 Å². The number of carbonyl (C=O) groups is 2. The molecule has 3 aromatic heterocycles. The van der Waals surface area contributed by atoms with Crippen LogP contribution in [0.3, 0.4) is 0 Å². The van der Waals surface area contributed by atoms with Crippen LogP contribution in [0.1, 0.15) is 72.1 Å². The van der Waals surface area contributed by atoms with Crippen LogP contribution in [-0.2, 0) is 4.79 Å². The summed E-state index contributed by atoms with van der Waals surface area (Å²) in [4.78, 5) is 55.6. The van der Waals surface area contributed by atoms with Crippen molar-refractivity contribution >= 4 is 57.5 Å². The number of rotatable bonds is 12. The fourth-order valence-corrected chi connectivity index (χ4v) is 8.26. The van der Waals surface area contributed by atoms with Gasteiger partial charge in [-0.05, 0) is 105 Å². The number of nitrogens with one attached hydrogen (secondary N) is 3. The first-order valence-electron chi connectivity index (χ1n) is 19.7. The summed E-state index contributed by atoms with van der Waals surface area (Å²) in [6.07, 6.45) is 5.12. The van der Waals surface area contributed by atoms with Gasteiger partial charge in [0.2, 0.25) is 5.91 Å². The minimum Gasteiger partial charge on any atom is -0.399 e. The van der Waals surface area contributed by atoms with Crippen LogP contribution in [0.25, 0.3) is 22.3 Å². The summed E-state index contributed by atoms with van der Waals surface area (Å²) in [6, 6.07) is 34.2. The molecule has 59 heavy (non-hydrogen) atoms. The second-order valence-electron chi connectivity index (χ2n) is 15.2. The van der Waals surface area contributed by atoms with E-state index in [1.807, 2.05) is 139 Å². The Balaban J connectivity index is 0.993. The van der Waals surface area contributed by atoms with Crippen molar-refractivity contribution in [2.75, 3.05) is 37.0 Å². The third-order valence-electron chi connectivity index (χ3n) is 10.5. The van der Waals surface area contributed by atoms with Crippen molar-refractivity contribution < 1.29 is 9.59 Å². The van der Waals surface area contributed by atoms with Crippen LogP contribution in [-0.4, -0.2) is 67.2 Å². The molecule has 4 aromatic carbocycles. The third kappa shape index (κ3) is 8.66. The zero-order valence-corrected chi connectivity index (χ0v) is 34.2. The minimum absolute atomic E-state index is 0.0693. The van der Waals surface area contributed by atoms with Crippen molar-refractivity contribution in [3.8, 4) is 11.3 Å². The lowest BCUT2D eigenvalue weighted by Crippen LogP contribution is -2.40. The van der Waals surface area contributed by atoms with Gasteiger partial charge in [-0.25, -0.2) is 19.9 Å². The number of nitrogens with two attached hydrogens (primary N) is 1. The largest absolute Gasteiger partial charge is 0.399 e. The molecule has 1 saturated heterocycles. The normalized spacial score (nSPS) is 14.5. The van der Waals surface area contributed by atoms with E-state index in [-0.39, 0.29) is 29.8 Å². The number of pyridine rings is 1. The molecule has 13 heteroatoms. The Morgan fingerprint density at radius 3 is 2.44 bits per heavy atom. The molecule has 2 amide bonds. The number of hydrogen-bond donors (Lipinski definition) is 4. The van der Waals surface area contributed by atoms with Gasteiger partial charge >= 0.3 is 0 Å². The van der Waals surface area contributed by atoms with Gasteiger partial charge in [-0.3, -0.25) is 14.5 Å². The van der Waals surface area contributed by atoms with E-state index >= 15 is 0 Å². The summed E-state index contributed by atoms with van der Waals surface area (Å²) >= 11 is 1.55. The van der Waals surface area contributed by atoms with Crippen molar-refractivity contribution in [3.63, 3.8) is 0 Å². The van der Waals surface area contributed by atoms with Gasteiger partial charge in [0.1, 0.15) is 24.0 Å². The average Bonchev–Trinajstić information content (AvgIpc) is 3.94. The standard InChI is InChI=1S/C46H46N10O2S/c1-28(2)36-22-21-35-42(52-36)49-27-50-43(35)53-37-25-31(14-23-40(37)59-34-19-15-32(47)16-20-34)45(57)51-33-17-12-29(13-18-33)38-26-48-44(54-38)39-11-8-24-56(39)46(58)41(55(3)4)30-9-6-5-7-10-30/h5-7,9-10,12-23,25-28,39,41H,8,11,24,47H2,1-4H3,(H,48,54)(H,51,57)(H,49,50,52,53)/t39-,41+/m0/s1. The highest BCUT2D eigenvalue weighted by atomic mass is 32.2. The van der Waals surface area contributed by atoms with Gasteiger partial charge in [0.15, 0.2) is 5.65 Å². The van der Waals surface area contributed by atoms with Gasteiger partial charge in [-0.15, -0.1) is 0 Å². The number of likely N-dealkylation sites (tertiary alicyclic amines) is 1. The Morgan fingerprint density at radius 2 is 1.69 bits per heavy atom. The predicted octanol–water partition coefficient (Wildman–Crippen LogP) is 9.23. The van der Waals surface area contributed by atoms with Crippen LogP contribution in [0, 0.1) is 0 Å². The van der Waals surface area contributed by atoms with E-state index in [2.05, 4.69) is 39.4 Å². The second-order valence-corrected chi connectivity index (χ2v) is 16.3. The molecule has 1 aliphatic heterocycles. The molecule has 0 unspecified atom stereocenters. The molecule has 5 N–H and O–H groups in total. The molecule has 298 valence electrons. The topological polar surface area (TPSA) is 158 Å². The fraction of sp³-hybridized carbons (Fsp3) is 0.217. The van der Waals surface area contributed by atoms with Crippen molar-refractivity contribution in [2.24, 2.45) is 0 Å². The highest BCUT2D eigenvalue weighted by Gasteiger charge is 2.37. The number of nitrogens with zero attached hydrogens (tertiary/aromatic N) is 6. The van der Waals surface area contributed by atoms with Crippen molar-refractivity contribution in [3.05, 3.63) is 144 Å². The third-order valence-corrected chi connectivity index (χ3v) is 11.6. The maximum Gasteiger partial charge on any atom is 0.255 e. The van der Waals surface area contributed by atoms with Crippen LogP contribution >= 0.6 is 11.8 Å². The lowest BCUT2D eigenvalue weighted by atomic mass is 10.0. The molecular weight excluding hydrogens is 757 g/mol. The maximum absolute atomic E-state index is 13.9. The molecule has 2 atom stereocenters. The summed E-state index contributed by atoms with van der Waals surface area (Å²) in [5, 5.41) is 7.30. The molecule has 12 nitrogen and oxygen atoms in total. The number of carbonyl (C=O) groups excluding carboxylic acids is 2. The number of aromatic amines is 1. The van der Waals surface area contributed by atoms with Gasteiger partial charge in [0.05, 0.1) is 22.8 Å². The van der Waals surface area contributed by atoms with Gasteiger partial charge in [-0.2, -0.15) is 0 Å². The lowest BCUT2D eigenvalue weighted by molar-refractivity contribution is -0.137. The number of fused-ring (bicyclic) bond motifs is 1. The van der Waals surface area contributed by atoms with E-state index in [1.165, 1.54) is 6.33 Å². The number of aromatic nitrogens is 5. The predicted molar refractivity (Wildman–Crippen MR) is 235 cm³/mol. The summed E-state index contributed by atoms with van der Waals surface area (Å²) < 4.78 is 0. The molecule has 0 aliphatic carbocycles. The van der Waals surface area contributed by atoms with E-state index in [4.69, 9.17) is 15.7 Å². The zero-order chi connectivity index (χ0) is 41.0. The Morgan fingerprint density at radius 1 is 0.915 bits per heavy atom. The van der Waals surface area contributed by atoms with Crippen molar-refractivity contribution in [1.82, 2.24) is 34.7 Å². The Labute approximate surface area is 347 Å². The van der Waals surface area contributed by atoms with E-state index in [9.17, 15) is 9.59 Å². The number of likely N-dealkylation sites (N-methyl/N-ethyl adjacent to an activating group) is 1. The molecule has 8 rings (SSSR count). The van der Waals surface area contributed by atoms with Gasteiger partial charge < -0.3 is 26.3 Å². The fourth-order valence-electron chi connectivity index (χ4n) is 7.38. The van der Waals surface area contributed by atoms with E-state index < -0.39 is 0 Å². The molecule has 1 aliphatic rings. The molecule has 0 saturated carbocycles. The van der Waals surface area contributed by atoms with Crippen LogP contribution in [0.5, 0.6) is 0 Å². The van der Waals surface area contributed by atoms with Crippen molar-refractivity contribution in [1.29, 1.82) is 0 Å². The second kappa shape index (κ2) is 17.1. The van der Waals surface area contributed by atoms with Gasteiger partial charge in [-0.1, -0.05) is 68.1 Å². The quantitative estimate of drug-likeness (QED) is 0.0878. The number of imidazole rings is 1. The highest BCUT2D eigenvalue weighted by molar-refractivity contribution is 7.99. The van der Waals surface area contributed by atoms with Gasteiger partial charge in [0, 0.05) is 50.7 Å². The summed E-state index contributed by atoms with van der Waals surface area (Å²) in [5.74, 6) is 1.42. The number of nitrogen functional groups attached to an aromatic ring is 1. The molecule has 7 aromatic rings.